The topological polar surface area (TPSA) is 160 Å². The molecule has 1 amide bonds. The zero-order valence-electron chi connectivity index (χ0n) is 15.9. The number of halogens is 2. The van der Waals surface area contributed by atoms with E-state index < -0.39 is 21.6 Å². The van der Waals surface area contributed by atoms with Crippen molar-refractivity contribution in [2.45, 2.75) is 0 Å². The number of rotatable bonds is 6. The highest BCUT2D eigenvalue weighted by atomic mass is 79.9. The minimum absolute atomic E-state index is 0.00365. The van der Waals surface area contributed by atoms with E-state index in [4.69, 9.17) is 0 Å². The van der Waals surface area contributed by atoms with Crippen molar-refractivity contribution in [3.63, 3.8) is 0 Å². The molecule has 0 aliphatic heterocycles. The van der Waals surface area contributed by atoms with Crippen molar-refractivity contribution >= 4 is 49.0 Å². The van der Waals surface area contributed by atoms with Crippen LogP contribution >= 0.6 is 15.9 Å². The van der Waals surface area contributed by atoms with Crippen molar-refractivity contribution in [1.29, 1.82) is 0 Å². The van der Waals surface area contributed by atoms with E-state index in [0.717, 1.165) is 4.57 Å². The number of nitrogens with zero attached hydrogens (tertiary/aromatic N) is 6. The monoisotopic (exact) mass is 514 g/mol. The summed E-state index contributed by atoms with van der Waals surface area (Å²) >= 11 is 3.05. The van der Waals surface area contributed by atoms with Crippen LogP contribution in [0.25, 0.3) is 0 Å². The lowest BCUT2D eigenvalue weighted by Crippen LogP contribution is -2.23. The molecule has 0 radical (unpaired) electrons. The molecule has 0 bridgehead atoms. The number of anilines is 1. The van der Waals surface area contributed by atoms with Gasteiger partial charge in [0.15, 0.2) is 11.5 Å². The summed E-state index contributed by atoms with van der Waals surface area (Å²) in [4.78, 5) is 19.8. The highest BCUT2D eigenvalue weighted by Crippen LogP contribution is 2.23. The number of hydroxylamine groups is 1. The van der Waals surface area contributed by atoms with Crippen LogP contribution in [0.3, 0.4) is 0 Å². The van der Waals surface area contributed by atoms with E-state index in [0.29, 0.717) is 5.69 Å². The van der Waals surface area contributed by atoms with E-state index in [9.17, 15) is 18.6 Å². The number of amidine groups is 1. The molecule has 0 aliphatic carbocycles. The number of nitrogens with one attached hydrogen (secondary N) is 2. The third-order valence-corrected chi connectivity index (χ3v) is 5.84. The first kappa shape index (κ1) is 22.5. The summed E-state index contributed by atoms with van der Waals surface area (Å²) in [6, 6.07) is 3.30. The molecule has 3 N–H and O–H groups in total. The number of imidazole rings is 1. The van der Waals surface area contributed by atoms with Crippen LogP contribution in [0, 0.1) is 5.82 Å². The first-order chi connectivity index (χ1) is 14.8. The van der Waals surface area contributed by atoms with Crippen LogP contribution in [-0.4, -0.2) is 59.7 Å². The van der Waals surface area contributed by atoms with Gasteiger partial charge in [-0.3, -0.25) is 15.3 Å². The Morgan fingerprint density at radius 1 is 1.42 bits per heavy atom. The largest absolute Gasteiger partial charge is 0.364 e. The van der Waals surface area contributed by atoms with Gasteiger partial charge >= 0.3 is 6.03 Å². The molecule has 1 aromatic carbocycles. The Labute approximate surface area is 183 Å². The van der Waals surface area contributed by atoms with E-state index in [1.54, 1.807) is 0 Å². The molecular formula is C16H16BrFN8O4S. The van der Waals surface area contributed by atoms with Crippen LogP contribution < -0.4 is 10.8 Å². The molecule has 0 fully saturated rings. The van der Waals surface area contributed by atoms with E-state index in [2.05, 4.69) is 50.5 Å². The molecule has 0 spiro atoms. The van der Waals surface area contributed by atoms with Crippen LogP contribution in [0.1, 0.15) is 5.69 Å². The average Bonchev–Trinajstić information content (AvgIpc) is 3.40. The van der Waals surface area contributed by atoms with Crippen LogP contribution in [0.2, 0.25) is 0 Å². The molecule has 3 aromatic rings. The van der Waals surface area contributed by atoms with Gasteiger partial charge in [-0.15, -0.1) is 4.36 Å². The predicted molar refractivity (Wildman–Crippen MR) is 112 cm³/mol. The molecular weight excluding hydrogens is 499 g/mol. The lowest BCUT2D eigenvalue weighted by molar-refractivity contribution is 0.234. The Kier molecular flexibility index (Phi) is 7.09. The number of aromatic nitrogens is 4. The van der Waals surface area contributed by atoms with Crippen molar-refractivity contribution in [1.82, 2.24) is 25.3 Å². The number of carbonyl (C=O) groups is 1. The van der Waals surface area contributed by atoms with Crippen molar-refractivity contribution in [2.24, 2.45) is 9.36 Å². The standard InChI is InChI=1S/C16H16BrFN8O4S/c1-31(29,25-16(27)26-6-4-19-9-26)7-5-20-14-13(23-30-24-14)15(22-28)21-10-2-3-12(18)11(17)8-10/h2-4,6,8-9,28H,5,7H2,1H3,(H,20,24)(H,21,22). The molecule has 15 heteroatoms. The first-order valence-corrected chi connectivity index (χ1v) is 11.4. The molecule has 3 rings (SSSR count). The number of hydrogen-bond acceptors (Lipinski definition) is 9. The molecule has 0 saturated heterocycles. The molecule has 2 heterocycles. The van der Waals surface area contributed by atoms with Gasteiger partial charge < -0.3 is 5.32 Å². The Morgan fingerprint density at radius 3 is 2.90 bits per heavy atom. The van der Waals surface area contributed by atoms with E-state index in [1.807, 2.05) is 5.48 Å². The molecule has 0 saturated carbocycles. The average molecular weight is 515 g/mol. The summed E-state index contributed by atoms with van der Waals surface area (Å²) in [7, 11) is -2.86. The van der Waals surface area contributed by atoms with Gasteiger partial charge in [0.25, 0.3) is 0 Å². The van der Waals surface area contributed by atoms with Gasteiger partial charge in [-0.25, -0.2) is 28.0 Å². The zero-order chi connectivity index (χ0) is 22.4. The number of hydrogen-bond donors (Lipinski definition) is 3. The van der Waals surface area contributed by atoms with Gasteiger partial charge in [0, 0.05) is 30.9 Å². The Hall–Kier alpha value is -3.17. The van der Waals surface area contributed by atoms with Crippen LogP contribution in [0.15, 0.2) is 55.4 Å². The zero-order valence-corrected chi connectivity index (χ0v) is 18.3. The van der Waals surface area contributed by atoms with Crippen molar-refractivity contribution in [3.05, 3.63) is 52.9 Å². The number of aliphatic imine (C=N–C) groups is 1. The fourth-order valence-electron chi connectivity index (χ4n) is 2.26. The van der Waals surface area contributed by atoms with E-state index in [1.165, 1.54) is 43.2 Å². The minimum Gasteiger partial charge on any atom is -0.364 e. The fourth-order valence-corrected chi connectivity index (χ4v) is 3.63. The third kappa shape index (κ3) is 5.93. The fraction of sp³-hybridized carbons (Fsp3) is 0.188. The highest BCUT2D eigenvalue weighted by Gasteiger charge is 2.17. The molecule has 12 nitrogen and oxygen atoms in total. The Bertz CT molecular complexity index is 1220. The van der Waals surface area contributed by atoms with Crippen LogP contribution in [-0.2, 0) is 9.73 Å². The summed E-state index contributed by atoms with van der Waals surface area (Å²) in [5.41, 5.74) is 2.22. The number of carbonyl (C=O) groups excluding carboxylic acids is 1. The Balaban J connectivity index is 1.71. The van der Waals surface area contributed by atoms with Gasteiger partial charge in [-0.2, -0.15) is 0 Å². The summed E-state index contributed by atoms with van der Waals surface area (Å²) in [5.74, 6) is -0.496. The normalized spacial score (nSPS) is 13.5. The molecule has 1 atom stereocenters. The highest BCUT2D eigenvalue weighted by molar-refractivity contribution is 9.10. The number of benzene rings is 1. The third-order valence-electron chi connectivity index (χ3n) is 3.73. The summed E-state index contributed by atoms with van der Waals surface area (Å²) in [6.07, 6.45) is 5.41. The van der Waals surface area contributed by atoms with Gasteiger partial charge in [-0.05, 0) is 44.4 Å². The van der Waals surface area contributed by atoms with Gasteiger partial charge in [-0.1, -0.05) is 0 Å². The first-order valence-electron chi connectivity index (χ1n) is 8.52. The maximum atomic E-state index is 13.4. The molecule has 1 unspecified atom stereocenters. The second-order valence-corrected chi connectivity index (χ2v) is 9.43. The lowest BCUT2D eigenvalue weighted by atomic mass is 10.3. The van der Waals surface area contributed by atoms with E-state index in [-0.39, 0.29) is 34.1 Å². The summed E-state index contributed by atoms with van der Waals surface area (Å²) in [6.45, 7) is 0.0953. The van der Waals surface area contributed by atoms with Crippen LogP contribution in [0.4, 0.5) is 20.7 Å². The second-order valence-electron chi connectivity index (χ2n) is 6.07. The van der Waals surface area contributed by atoms with Crippen LogP contribution in [0.5, 0.6) is 0 Å². The lowest BCUT2D eigenvalue weighted by Gasteiger charge is -2.07. The maximum absolute atomic E-state index is 13.4. The maximum Gasteiger partial charge on any atom is 0.361 e. The van der Waals surface area contributed by atoms with Gasteiger partial charge in [0.1, 0.15) is 12.1 Å². The van der Waals surface area contributed by atoms with Gasteiger partial charge in [0.05, 0.1) is 19.9 Å². The minimum atomic E-state index is -2.86. The SMILES string of the molecule is CS(=O)(CCNc1nonc1C(=Nc1ccc(F)c(Br)c1)NO)=NC(=O)n1ccnc1. The van der Waals surface area contributed by atoms with Crippen molar-refractivity contribution < 1.29 is 23.2 Å². The quantitative estimate of drug-likeness (QED) is 0.254. The summed E-state index contributed by atoms with van der Waals surface area (Å²) < 4.78 is 35.6. The Morgan fingerprint density at radius 2 is 2.23 bits per heavy atom. The smallest absolute Gasteiger partial charge is 0.361 e. The molecule has 164 valence electrons. The molecule has 0 aliphatic rings. The van der Waals surface area contributed by atoms with Gasteiger partial charge in [0.2, 0.25) is 5.82 Å². The molecule has 31 heavy (non-hydrogen) atoms. The van der Waals surface area contributed by atoms with Crippen molar-refractivity contribution in [2.75, 3.05) is 23.9 Å². The summed E-state index contributed by atoms with van der Waals surface area (Å²) in [5, 5.41) is 19.6. The predicted octanol–water partition coefficient (Wildman–Crippen LogP) is 2.40. The second kappa shape index (κ2) is 9.76. The van der Waals surface area contributed by atoms with E-state index >= 15 is 0 Å². The van der Waals surface area contributed by atoms with Crippen molar-refractivity contribution in [3.8, 4) is 0 Å². The molecule has 2 aromatic heterocycles. The number of amides is 1.